The lowest BCUT2D eigenvalue weighted by Gasteiger charge is -2.39. The van der Waals surface area contributed by atoms with Gasteiger partial charge in [-0.2, -0.15) is 0 Å². The van der Waals surface area contributed by atoms with Crippen LogP contribution in [0.4, 0.5) is 0 Å². The second-order valence-electron chi connectivity index (χ2n) is 4.84. The molecular formula is C10H22N2O3S. The second-order valence-corrected chi connectivity index (χ2v) is 7.09. The maximum atomic E-state index is 11.0. The molecule has 1 saturated heterocycles. The van der Waals surface area contributed by atoms with Crippen LogP contribution in [0.1, 0.15) is 6.92 Å². The second kappa shape index (κ2) is 5.44. The van der Waals surface area contributed by atoms with Gasteiger partial charge in [0.15, 0.2) is 0 Å². The lowest BCUT2D eigenvalue weighted by molar-refractivity contribution is -0.0706. The Labute approximate surface area is 98.1 Å². The Hall–Kier alpha value is -0.170. The normalized spacial score (nSPS) is 19.8. The molecule has 0 aromatic rings. The molecule has 0 amide bonds. The van der Waals surface area contributed by atoms with Crippen LogP contribution in [0.5, 0.6) is 0 Å². The van der Waals surface area contributed by atoms with Crippen molar-refractivity contribution >= 4 is 9.84 Å². The fourth-order valence-electron chi connectivity index (χ4n) is 1.46. The Kier molecular flexibility index (Phi) is 4.73. The summed E-state index contributed by atoms with van der Waals surface area (Å²) in [7, 11) is -0.946. The van der Waals surface area contributed by atoms with Crippen LogP contribution in [-0.4, -0.2) is 70.8 Å². The Morgan fingerprint density at radius 3 is 2.44 bits per heavy atom. The average molecular weight is 250 g/mol. The van der Waals surface area contributed by atoms with Crippen LogP contribution in [0.3, 0.4) is 0 Å². The molecule has 0 atom stereocenters. The van der Waals surface area contributed by atoms with Gasteiger partial charge < -0.3 is 15.0 Å². The van der Waals surface area contributed by atoms with Gasteiger partial charge in [0.25, 0.3) is 0 Å². The fraction of sp³-hybridized carbons (Fsp3) is 1.00. The number of ether oxygens (including phenoxy) is 1. The zero-order valence-electron chi connectivity index (χ0n) is 10.3. The first-order valence-electron chi connectivity index (χ1n) is 5.52. The van der Waals surface area contributed by atoms with E-state index in [-0.39, 0.29) is 11.4 Å². The molecule has 5 nitrogen and oxygen atoms in total. The van der Waals surface area contributed by atoms with E-state index in [2.05, 4.69) is 12.2 Å². The highest BCUT2D eigenvalue weighted by molar-refractivity contribution is 7.90. The average Bonchev–Trinajstić information content (AvgIpc) is 2.11. The molecule has 0 aromatic heterocycles. The van der Waals surface area contributed by atoms with Crippen molar-refractivity contribution in [3.05, 3.63) is 0 Å². The molecule has 96 valence electrons. The summed E-state index contributed by atoms with van der Waals surface area (Å²) in [6.07, 6.45) is 1.26. The zero-order chi connectivity index (χ0) is 12.2. The van der Waals surface area contributed by atoms with E-state index in [1.165, 1.54) is 6.26 Å². The third-order valence-electron chi connectivity index (χ3n) is 2.77. The van der Waals surface area contributed by atoms with Gasteiger partial charge in [0, 0.05) is 32.4 Å². The van der Waals surface area contributed by atoms with E-state index < -0.39 is 9.84 Å². The predicted octanol–water partition coefficient (Wildman–Crippen LogP) is -0.659. The van der Waals surface area contributed by atoms with E-state index in [1.54, 1.807) is 0 Å². The van der Waals surface area contributed by atoms with Gasteiger partial charge in [-0.05, 0) is 14.0 Å². The maximum Gasteiger partial charge on any atom is 0.148 e. The highest BCUT2D eigenvalue weighted by Gasteiger charge is 2.32. The Morgan fingerprint density at radius 1 is 1.38 bits per heavy atom. The van der Waals surface area contributed by atoms with Gasteiger partial charge >= 0.3 is 0 Å². The van der Waals surface area contributed by atoms with Crippen molar-refractivity contribution in [1.29, 1.82) is 0 Å². The maximum absolute atomic E-state index is 11.0. The molecule has 1 N–H and O–H groups in total. The van der Waals surface area contributed by atoms with Crippen LogP contribution in [-0.2, 0) is 14.6 Å². The zero-order valence-corrected chi connectivity index (χ0v) is 11.1. The van der Waals surface area contributed by atoms with Gasteiger partial charge in [-0.25, -0.2) is 8.42 Å². The van der Waals surface area contributed by atoms with Crippen LogP contribution in [0.25, 0.3) is 0 Å². The van der Waals surface area contributed by atoms with Crippen LogP contribution in [0.2, 0.25) is 0 Å². The number of nitrogens with one attached hydrogen (secondary N) is 1. The molecule has 1 aliphatic rings. The third-order valence-corrected chi connectivity index (χ3v) is 3.69. The van der Waals surface area contributed by atoms with Gasteiger partial charge in [-0.1, -0.05) is 0 Å². The topological polar surface area (TPSA) is 58.6 Å². The summed E-state index contributed by atoms with van der Waals surface area (Å²) in [6.45, 7) is 5.88. The molecule has 0 saturated carbocycles. The molecule has 0 unspecified atom stereocenters. The molecular weight excluding hydrogens is 228 g/mol. The molecule has 0 aromatic carbocycles. The molecule has 16 heavy (non-hydrogen) atoms. The van der Waals surface area contributed by atoms with Crippen molar-refractivity contribution in [3.8, 4) is 0 Å². The number of likely N-dealkylation sites (N-methyl/N-ethyl adjacent to an activating group) is 1. The van der Waals surface area contributed by atoms with Gasteiger partial charge in [0.1, 0.15) is 9.84 Å². The molecule has 0 aliphatic carbocycles. The van der Waals surface area contributed by atoms with E-state index in [4.69, 9.17) is 4.74 Å². The Balaban J connectivity index is 2.08. The third kappa shape index (κ3) is 5.25. The summed E-state index contributed by atoms with van der Waals surface area (Å²) < 4.78 is 27.6. The van der Waals surface area contributed by atoms with E-state index in [1.807, 2.05) is 11.9 Å². The molecule has 1 heterocycles. The van der Waals surface area contributed by atoms with Crippen molar-refractivity contribution in [3.63, 3.8) is 0 Å². The smallest absolute Gasteiger partial charge is 0.148 e. The van der Waals surface area contributed by atoms with Crippen molar-refractivity contribution < 1.29 is 13.2 Å². The fourth-order valence-corrected chi connectivity index (χ4v) is 2.10. The standard InChI is InChI=1S/C10H22N2O3S/c1-10(8-11-9-10)15-6-4-12(2)5-7-16(3,13)14/h11H,4-9H2,1-3H3. The Bertz CT molecular complexity index is 312. The van der Waals surface area contributed by atoms with E-state index >= 15 is 0 Å². The molecule has 1 fully saturated rings. The first-order chi connectivity index (χ1) is 7.31. The number of sulfone groups is 1. The van der Waals surface area contributed by atoms with E-state index in [9.17, 15) is 8.42 Å². The van der Waals surface area contributed by atoms with Gasteiger partial charge in [0.2, 0.25) is 0 Å². The van der Waals surface area contributed by atoms with Crippen LogP contribution in [0.15, 0.2) is 0 Å². The number of rotatable bonds is 7. The molecule has 6 heteroatoms. The summed E-state index contributed by atoms with van der Waals surface area (Å²) in [4.78, 5) is 1.98. The largest absolute Gasteiger partial charge is 0.371 e. The number of nitrogens with zero attached hydrogens (tertiary/aromatic N) is 1. The van der Waals surface area contributed by atoms with Gasteiger partial charge in [-0.3, -0.25) is 0 Å². The molecule has 0 radical (unpaired) electrons. The predicted molar refractivity (Wildman–Crippen MR) is 64.4 cm³/mol. The summed E-state index contributed by atoms with van der Waals surface area (Å²) in [6, 6.07) is 0. The van der Waals surface area contributed by atoms with E-state index in [0.29, 0.717) is 13.2 Å². The van der Waals surface area contributed by atoms with Gasteiger partial charge in [-0.15, -0.1) is 0 Å². The van der Waals surface area contributed by atoms with Crippen molar-refractivity contribution in [2.24, 2.45) is 0 Å². The van der Waals surface area contributed by atoms with Crippen LogP contribution < -0.4 is 5.32 Å². The number of hydrogen-bond donors (Lipinski definition) is 1. The first kappa shape index (κ1) is 13.9. The van der Waals surface area contributed by atoms with Gasteiger partial charge in [0.05, 0.1) is 18.0 Å². The molecule has 1 aliphatic heterocycles. The number of hydrogen-bond acceptors (Lipinski definition) is 5. The first-order valence-corrected chi connectivity index (χ1v) is 7.58. The minimum atomic E-state index is -2.86. The highest BCUT2D eigenvalue weighted by Crippen LogP contribution is 2.14. The molecule has 0 spiro atoms. The minimum Gasteiger partial charge on any atom is -0.371 e. The van der Waals surface area contributed by atoms with Crippen LogP contribution >= 0.6 is 0 Å². The highest BCUT2D eigenvalue weighted by atomic mass is 32.2. The summed E-state index contributed by atoms with van der Waals surface area (Å²) >= 11 is 0. The Morgan fingerprint density at radius 2 is 2.00 bits per heavy atom. The minimum absolute atomic E-state index is 0.0162. The van der Waals surface area contributed by atoms with Crippen molar-refractivity contribution in [2.75, 3.05) is 51.8 Å². The van der Waals surface area contributed by atoms with Crippen LogP contribution in [0, 0.1) is 0 Å². The summed E-state index contributed by atoms with van der Waals surface area (Å²) in [5.74, 6) is 0.211. The summed E-state index contributed by atoms with van der Waals surface area (Å²) in [5, 5.41) is 3.17. The van der Waals surface area contributed by atoms with Crippen molar-refractivity contribution in [2.45, 2.75) is 12.5 Å². The monoisotopic (exact) mass is 250 g/mol. The van der Waals surface area contributed by atoms with E-state index in [0.717, 1.165) is 19.6 Å². The quantitative estimate of drug-likeness (QED) is 0.650. The molecule has 1 rings (SSSR count). The SMILES string of the molecule is CN(CCOC1(C)CNC1)CCS(C)(=O)=O. The lowest BCUT2D eigenvalue weighted by Crippen LogP contribution is -2.59. The lowest BCUT2D eigenvalue weighted by atomic mass is 10.0. The summed E-state index contributed by atoms with van der Waals surface area (Å²) in [5.41, 5.74) is -0.0162. The molecule has 0 bridgehead atoms. The van der Waals surface area contributed by atoms with Crippen molar-refractivity contribution in [1.82, 2.24) is 10.2 Å².